The molecule has 0 aliphatic rings. The zero-order valence-electron chi connectivity index (χ0n) is 14.6. The molecule has 0 radical (unpaired) electrons. The lowest BCUT2D eigenvalue weighted by Gasteiger charge is -2.13. The lowest BCUT2D eigenvalue weighted by atomic mass is 10.0. The van der Waals surface area contributed by atoms with E-state index in [0.717, 1.165) is 24.2 Å². The molecule has 2 rings (SSSR count). The van der Waals surface area contributed by atoms with Crippen LogP contribution in [0.2, 0.25) is 0 Å². The quantitative estimate of drug-likeness (QED) is 0.753. The lowest BCUT2D eigenvalue weighted by molar-refractivity contribution is 0.0951. The minimum absolute atomic E-state index is 0. The van der Waals surface area contributed by atoms with E-state index in [-0.39, 0.29) is 24.2 Å². The number of nitrogens with two attached hydrogens (primary N) is 1. The Labute approximate surface area is 150 Å². The van der Waals surface area contributed by atoms with E-state index in [1.165, 1.54) is 5.56 Å². The van der Waals surface area contributed by atoms with Gasteiger partial charge in [-0.05, 0) is 44.4 Å². The van der Waals surface area contributed by atoms with E-state index in [1.807, 2.05) is 28.9 Å². The van der Waals surface area contributed by atoms with Gasteiger partial charge in [-0.15, -0.1) is 12.4 Å². The molecule has 1 aromatic carbocycles. The molecule has 0 aliphatic heterocycles. The fourth-order valence-corrected chi connectivity index (χ4v) is 2.55. The molecule has 1 heterocycles. The maximum atomic E-state index is 12.4. The molecule has 1 aromatic heterocycles. The number of aryl methyl sites for hydroxylation is 1. The van der Waals surface area contributed by atoms with E-state index >= 15 is 0 Å². The Bertz CT molecular complexity index is 650. The second-order valence-electron chi connectivity index (χ2n) is 6.10. The highest BCUT2D eigenvalue weighted by molar-refractivity contribution is 5.95. The number of hydrogen-bond donors (Lipinski definition) is 2. The Kier molecular flexibility index (Phi) is 7.95. The standard InChI is InChI=1S/C18H26N4O.ClH/c1-13(2)17-16(18(23)20-11-5-4-10-19)12-21-22(17)15-8-6-14(3)7-9-15;/h6-9,12-13H,4-5,10-11,19H2,1-3H3,(H,20,23);1H. The van der Waals surface area contributed by atoms with Crippen molar-refractivity contribution in [3.05, 3.63) is 47.3 Å². The van der Waals surface area contributed by atoms with Crippen LogP contribution in [0.5, 0.6) is 0 Å². The second kappa shape index (κ2) is 9.45. The van der Waals surface area contributed by atoms with Crippen molar-refractivity contribution in [2.45, 2.75) is 39.5 Å². The highest BCUT2D eigenvalue weighted by atomic mass is 35.5. The van der Waals surface area contributed by atoms with E-state index in [1.54, 1.807) is 6.20 Å². The van der Waals surface area contributed by atoms with Crippen LogP contribution in [0.4, 0.5) is 0 Å². The number of rotatable bonds is 7. The number of amides is 1. The second-order valence-corrected chi connectivity index (χ2v) is 6.10. The van der Waals surface area contributed by atoms with Gasteiger partial charge in [0.15, 0.2) is 0 Å². The molecule has 0 atom stereocenters. The number of nitrogens with one attached hydrogen (secondary N) is 1. The first kappa shape index (κ1) is 20.2. The number of unbranched alkanes of at least 4 members (excludes halogenated alkanes) is 1. The van der Waals surface area contributed by atoms with E-state index in [4.69, 9.17) is 5.73 Å². The van der Waals surface area contributed by atoms with Crippen molar-refractivity contribution in [1.29, 1.82) is 0 Å². The van der Waals surface area contributed by atoms with Crippen LogP contribution in [0.3, 0.4) is 0 Å². The molecule has 132 valence electrons. The Balaban J connectivity index is 0.00000288. The maximum absolute atomic E-state index is 12.4. The first-order chi connectivity index (χ1) is 11.0. The molecular formula is C18H27ClN4O. The van der Waals surface area contributed by atoms with E-state index in [9.17, 15) is 4.79 Å². The van der Waals surface area contributed by atoms with Crippen molar-refractivity contribution in [3.8, 4) is 5.69 Å². The number of aromatic nitrogens is 2. The van der Waals surface area contributed by atoms with Crippen LogP contribution < -0.4 is 11.1 Å². The summed E-state index contributed by atoms with van der Waals surface area (Å²) >= 11 is 0. The predicted molar refractivity (Wildman–Crippen MR) is 100 cm³/mol. The van der Waals surface area contributed by atoms with Crippen LogP contribution in [-0.2, 0) is 0 Å². The van der Waals surface area contributed by atoms with E-state index in [0.29, 0.717) is 18.7 Å². The molecule has 6 heteroatoms. The fourth-order valence-electron chi connectivity index (χ4n) is 2.55. The first-order valence-electron chi connectivity index (χ1n) is 8.17. The van der Waals surface area contributed by atoms with Crippen molar-refractivity contribution in [2.24, 2.45) is 5.73 Å². The SMILES string of the molecule is Cc1ccc(-n2ncc(C(=O)NCCCCN)c2C(C)C)cc1.Cl. The minimum Gasteiger partial charge on any atom is -0.352 e. The van der Waals surface area contributed by atoms with Gasteiger partial charge < -0.3 is 11.1 Å². The Morgan fingerprint density at radius 3 is 2.50 bits per heavy atom. The average Bonchev–Trinajstić information content (AvgIpc) is 2.97. The summed E-state index contributed by atoms with van der Waals surface area (Å²) in [6.45, 7) is 7.50. The third-order valence-corrected chi connectivity index (χ3v) is 3.79. The Morgan fingerprint density at radius 2 is 1.92 bits per heavy atom. The van der Waals surface area contributed by atoms with Gasteiger partial charge in [-0.1, -0.05) is 31.5 Å². The van der Waals surface area contributed by atoms with Gasteiger partial charge in [0.2, 0.25) is 0 Å². The topological polar surface area (TPSA) is 72.9 Å². The van der Waals surface area contributed by atoms with Crippen LogP contribution in [0, 0.1) is 6.92 Å². The average molecular weight is 351 g/mol. The molecule has 0 fully saturated rings. The molecule has 0 aliphatic carbocycles. The summed E-state index contributed by atoms with van der Waals surface area (Å²) < 4.78 is 1.86. The highest BCUT2D eigenvalue weighted by Gasteiger charge is 2.20. The zero-order chi connectivity index (χ0) is 16.8. The summed E-state index contributed by atoms with van der Waals surface area (Å²) in [5.74, 6) is 0.132. The van der Waals surface area contributed by atoms with Gasteiger partial charge in [-0.25, -0.2) is 4.68 Å². The maximum Gasteiger partial charge on any atom is 0.254 e. The van der Waals surface area contributed by atoms with Crippen molar-refractivity contribution < 1.29 is 4.79 Å². The van der Waals surface area contributed by atoms with Crippen molar-refractivity contribution in [1.82, 2.24) is 15.1 Å². The zero-order valence-corrected chi connectivity index (χ0v) is 15.4. The van der Waals surface area contributed by atoms with Gasteiger partial charge in [0, 0.05) is 6.54 Å². The molecule has 3 N–H and O–H groups in total. The normalized spacial score (nSPS) is 10.5. The molecule has 0 saturated heterocycles. The Morgan fingerprint density at radius 1 is 1.25 bits per heavy atom. The largest absolute Gasteiger partial charge is 0.352 e. The van der Waals surface area contributed by atoms with Crippen molar-refractivity contribution >= 4 is 18.3 Å². The molecule has 0 spiro atoms. The third kappa shape index (κ3) is 4.82. The third-order valence-electron chi connectivity index (χ3n) is 3.79. The molecule has 0 unspecified atom stereocenters. The van der Waals surface area contributed by atoms with Crippen molar-refractivity contribution in [3.63, 3.8) is 0 Å². The molecule has 1 amide bonds. The molecule has 5 nitrogen and oxygen atoms in total. The smallest absolute Gasteiger partial charge is 0.254 e. The van der Waals surface area contributed by atoms with Crippen LogP contribution >= 0.6 is 12.4 Å². The number of nitrogens with zero attached hydrogens (tertiary/aromatic N) is 2. The monoisotopic (exact) mass is 350 g/mol. The summed E-state index contributed by atoms with van der Waals surface area (Å²) in [4.78, 5) is 12.4. The van der Waals surface area contributed by atoms with Gasteiger partial charge in [-0.2, -0.15) is 5.10 Å². The predicted octanol–water partition coefficient (Wildman–Crippen LogP) is 3.19. The first-order valence-corrected chi connectivity index (χ1v) is 8.17. The van der Waals surface area contributed by atoms with Crippen LogP contribution in [-0.4, -0.2) is 28.8 Å². The summed E-state index contributed by atoms with van der Waals surface area (Å²) in [7, 11) is 0. The summed E-state index contributed by atoms with van der Waals surface area (Å²) in [6.07, 6.45) is 3.47. The van der Waals surface area contributed by atoms with Crippen LogP contribution in [0.1, 0.15) is 54.2 Å². The number of benzene rings is 1. The number of hydrogen-bond acceptors (Lipinski definition) is 3. The van der Waals surface area contributed by atoms with Crippen molar-refractivity contribution in [2.75, 3.05) is 13.1 Å². The van der Waals surface area contributed by atoms with Gasteiger partial charge in [0.05, 0.1) is 23.1 Å². The highest BCUT2D eigenvalue weighted by Crippen LogP contribution is 2.23. The molecule has 24 heavy (non-hydrogen) atoms. The summed E-state index contributed by atoms with van der Waals surface area (Å²) in [5.41, 5.74) is 9.23. The van der Waals surface area contributed by atoms with Gasteiger partial charge in [0.1, 0.15) is 0 Å². The molecular weight excluding hydrogens is 324 g/mol. The van der Waals surface area contributed by atoms with Gasteiger partial charge >= 0.3 is 0 Å². The molecule has 0 bridgehead atoms. The van der Waals surface area contributed by atoms with Gasteiger partial charge in [0.25, 0.3) is 5.91 Å². The number of halogens is 1. The fraction of sp³-hybridized carbons (Fsp3) is 0.444. The van der Waals surface area contributed by atoms with E-state index < -0.39 is 0 Å². The number of carbonyl (C=O) groups is 1. The Hall–Kier alpha value is -1.85. The van der Waals surface area contributed by atoms with Gasteiger partial charge in [-0.3, -0.25) is 4.79 Å². The van der Waals surface area contributed by atoms with Crippen LogP contribution in [0.25, 0.3) is 5.69 Å². The van der Waals surface area contributed by atoms with Crippen LogP contribution in [0.15, 0.2) is 30.5 Å². The molecule has 0 saturated carbocycles. The minimum atomic E-state index is -0.0657. The molecule has 2 aromatic rings. The summed E-state index contributed by atoms with van der Waals surface area (Å²) in [5, 5.41) is 7.39. The summed E-state index contributed by atoms with van der Waals surface area (Å²) in [6, 6.07) is 8.15. The number of carbonyl (C=O) groups excluding carboxylic acids is 1. The van der Waals surface area contributed by atoms with E-state index in [2.05, 4.69) is 31.2 Å². The lowest BCUT2D eigenvalue weighted by Crippen LogP contribution is -2.26.